The molecule has 4 heterocycles. The summed E-state index contributed by atoms with van der Waals surface area (Å²) < 4.78 is 41.3. The Kier molecular flexibility index (Phi) is 7.40. The van der Waals surface area contributed by atoms with Crippen molar-refractivity contribution in [3.8, 4) is 0 Å². The quantitative estimate of drug-likeness (QED) is 0.238. The number of benzene rings is 1. The van der Waals surface area contributed by atoms with Gasteiger partial charge in [0.1, 0.15) is 17.1 Å². The number of thioether (sulfide) groups is 2. The smallest absolute Gasteiger partial charge is 0.352 e. The highest BCUT2D eigenvalue weighted by molar-refractivity contribution is 8.04. The number of nitrogens with zero attached hydrogens (tertiary/aromatic N) is 1. The molecule has 3 aromatic rings. The average Bonchev–Trinajstić information content (AvgIpc) is 3.39. The molecule has 2 atom stereocenters. The van der Waals surface area contributed by atoms with Crippen LogP contribution in [-0.4, -0.2) is 45.0 Å². The van der Waals surface area contributed by atoms with Crippen LogP contribution in [0.25, 0.3) is 10.1 Å². The molecule has 2 aliphatic heterocycles. The third kappa shape index (κ3) is 4.88. The maximum absolute atomic E-state index is 14.2. The fourth-order valence-corrected chi connectivity index (χ4v) is 7.97. The Morgan fingerprint density at radius 1 is 1.21 bits per heavy atom. The van der Waals surface area contributed by atoms with Gasteiger partial charge in [-0.3, -0.25) is 19.3 Å². The number of carboxylic acids is 1. The van der Waals surface area contributed by atoms with Gasteiger partial charge in [-0.25, -0.2) is 18.0 Å². The van der Waals surface area contributed by atoms with E-state index in [4.69, 9.17) is 0 Å². The van der Waals surface area contributed by atoms with E-state index in [9.17, 15) is 37.5 Å². The number of rotatable bonds is 7. The van der Waals surface area contributed by atoms with Crippen LogP contribution in [0.2, 0.25) is 0 Å². The number of hydrogen-bond donors (Lipinski definition) is 2. The lowest BCUT2D eigenvalue weighted by atomic mass is 10.0. The summed E-state index contributed by atoms with van der Waals surface area (Å²) in [5, 5.41) is 15.0. The van der Waals surface area contributed by atoms with Gasteiger partial charge in [-0.05, 0) is 34.6 Å². The van der Waals surface area contributed by atoms with Crippen LogP contribution >= 0.6 is 46.2 Å². The summed E-state index contributed by atoms with van der Waals surface area (Å²) in [5.74, 6) is -6.52. The van der Waals surface area contributed by atoms with E-state index in [0.717, 1.165) is 38.9 Å². The molecule has 2 aromatic heterocycles. The number of aliphatic carboxylic acids is 1. The SMILES string of the molecule is O=C(Cc1cccs1)NC1C(=O)N2C(C(=O)O)=C(C=CSc3cc(=O)c4cc(F)c(F)c(F)c4s3)CS[C@H]12. The second kappa shape index (κ2) is 10.6. The molecule has 0 radical (unpaired) electrons. The summed E-state index contributed by atoms with van der Waals surface area (Å²) in [7, 11) is 0. The van der Waals surface area contributed by atoms with Crippen molar-refractivity contribution >= 4 is 74.1 Å². The summed E-state index contributed by atoms with van der Waals surface area (Å²) in [5.41, 5.74) is -0.572. The molecule has 2 amide bonds. The molecule has 0 aliphatic carbocycles. The van der Waals surface area contributed by atoms with E-state index in [1.807, 2.05) is 17.5 Å². The summed E-state index contributed by atoms with van der Waals surface area (Å²) >= 11 is 4.43. The highest BCUT2D eigenvalue weighted by Gasteiger charge is 2.53. The summed E-state index contributed by atoms with van der Waals surface area (Å²) in [4.78, 5) is 51.4. The van der Waals surface area contributed by atoms with Crippen molar-refractivity contribution in [2.24, 2.45) is 0 Å². The maximum atomic E-state index is 14.2. The molecule has 2 N–H and O–H groups in total. The van der Waals surface area contributed by atoms with Crippen LogP contribution in [0.15, 0.2) is 61.4 Å². The zero-order valence-electron chi connectivity index (χ0n) is 18.9. The number of allylic oxidation sites excluding steroid dienone is 1. The van der Waals surface area contributed by atoms with Crippen molar-refractivity contribution in [1.82, 2.24) is 10.2 Å². The minimum Gasteiger partial charge on any atom is -0.477 e. The first-order valence-corrected chi connectivity index (χ1v) is 14.5. The summed E-state index contributed by atoms with van der Waals surface area (Å²) in [6.07, 6.45) is 1.59. The summed E-state index contributed by atoms with van der Waals surface area (Å²) in [6, 6.07) is 4.59. The fraction of sp³-hybridized carbons (Fsp3) is 0.167. The molecular formula is C24H15F3N2O5S4. The standard InChI is InChI=1S/C24H15F3N2O5S4/c25-13-7-12-14(30)8-16(38-21(12)18(27)17(13)26)36-5-3-10-9-37-23-19(22(32)29(23)20(10)24(33)34)28-15(31)6-11-2-1-4-35-11/h1-5,7-8,19,23H,6,9H2,(H,28,31)(H,33,34)/t19?,23-/m1/s1. The third-order valence-electron chi connectivity index (χ3n) is 5.72. The van der Waals surface area contributed by atoms with Gasteiger partial charge in [0, 0.05) is 22.1 Å². The Morgan fingerprint density at radius 3 is 2.71 bits per heavy atom. The van der Waals surface area contributed by atoms with E-state index in [2.05, 4.69) is 5.32 Å². The zero-order valence-corrected chi connectivity index (χ0v) is 22.2. The highest BCUT2D eigenvalue weighted by atomic mass is 32.2. The lowest BCUT2D eigenvalue weighted by molar-refractivity contribution is -0.150. The number of amides is 2. The first-order chi connectivity index (χ1) is 18.2. The molecule has 1 fully saturated rings. The predicted molar refractivity (Wildman–Crippen MR) is 141 cm³/mol. The molecular weight excluding hydrogens is 582 g/mol. The van der Waals surface area contributed by atoms with Crippen molar-refractivity contribution < 1.29 is 32.7 Å². The Bertz CT molecular complexity index is 1600. The third-order valence-corrected chi connectivity index (χ3v) is 9.98. The normalized spacial score (nSPS) is 19.1. The highest BCUT2D eigenvalue weighted by Crippen LogP contribution is 2.41. The van der Waals surface area contributed by atoms with Gasteiger partial charge in [0.25, 0.3) is 5.91 Å². The maximum Gasteiger partial charge on any atom is 0.352 e. The van der Waals surface area contributed by atoms with Gasteiger partial charge in [0.05, 0.1) is 15.3 Å². The Labute approximate surface area is 229 Å². The average molecular weight is 597 g/mol. The molecule has 14 heteroatoms. The summed E-state index contributed by atoms with van der Waals surface area (Å²) in [6.45, 7) is 0. The van der Waals surface area contributed by atoms with Crippen LogP contribution in [0, 0.1) is 17.5 Å². The van der Waals surface area contributed by atoms with Crippen LogP contribution in [0.4, 0.5) is 13.2 Å². The van der Waals surface area contributed by atoms with E-state index in [0.29, 0.717) is 11.6 Å². The molecule has 1 aromatic carbocycles. The molecule has 7 nitrogen and oxygen atoms in total. The number of thiophene rings is 1. The minimum absolute atomic E-state index is 0.123. The number of carbonyl (C=O) groups excluding carboxylic acids is 2. The van der Waals surface area contributed by atoms with Crippen LogP contribution < -0.4 is 10.7 Å². The number of nitrogens with one attached hydrogen (secondary N) is 1. The van der Waals surface area contributed by atoms with Crippen LogP contribution in [0.1, 0.15) is 4.88 Å². The first kappa shape index (κ1) is 26.5. The molecule has 1 unspecified atom stereocenters. The lowest BCUT2D eigenvalue weighted by Gasteiger charge is -2.49. The Morgan fingerprint density at radius 2 is 2.00 bits per heavy atom. The molecule has 5 rings (SSSR count). The van der Waals surface area contributed by atoms with E-state index >= 15 is 0 Å². The van der Waals surface area contributed by atoms with Crippen LogP contribution in [0.5, 0.6) is 0 Å². The monoisotopic (exact) mass is 596 g/mol. The van der Waals surface area contributed by atoms with Crippen LogP contribution in [0.3, 0.4) is 0 Å². The van der Waals surface area contributed by atoms with Gasteiger partial charge in [-0.15, -0.1) is 34.4 Å². The molecule has 0 bridgehead atoms. The van der Waals surface area contributed by atoms with Crippen molar-refractivity contribution in [2.75, 3.05) is 5.75 Å². The van der Waals surface area contributed by atoms with Crippen molar-refractivity contribution in [3.63, 3.8) is 0 Å². The van der Waals surface area contributed by atoms with E-state index in [1.165, 1.54) is 34.6 Å². The van der Waals surface area contributed by atoms with Gasteiger partial charge in [-0.1, -0.05) is 17.8 Å². The number of fused-ring (bicyclic) bond motifs is 2. The molecule has 196 valence electrons. The topological polar surface area (TPSA) is 104 Å². The number of carbonyl (C=O) groups is 3. The van der Waals surface area contributed by atoms with Crippen molar-refractivity contribution in [3.05, 3.63) is 85.0 Å². The van der Waals surface area contributed by atoms with E-state index in [-0.39, 0.29) is 38.1 Å². The van der Waals surface area contributed by atoms with Crippen LogP contribution in [-0.2, 0) is 20.8 Å². The second-order valence-electron chi connectivity index (χ2n) is 8.10. The van der Waals surface area contributed by atoms with Gasteiger partial charge in [0.2, 0.25) is 5.91 Å². The molecule has 2 aliphatic rings. The fourth-order valence-electron chi connectivity index (χ4n) is 3.98. The predicted octanol–water partition coefficient (Wildman–Crippen LogP) is 4.33. The lowest BCUT2D eigenvalue weighted by Crippen LogP contribution is -2.70. The van der Waals surface area contributed by atoms with Gasteiger partial charge in [-0.2, -0.15) is 0 Å². The molecule has 1 saturated heterocycles. The van der Waals surface area contributed by atoms with Gasteiger partial charge < -0.3 is 10.4 Å². The molecule has 0 spiro atoms. The van der Waals surface area contributed by atoms with Crippen molar-refractivity contribution in [1.29, 1.82) is 0 Å². The first-order valence-electron chi connectivity index (χ1n) is 10.8. The van der Waals surface area contributed by atoms with Crippen molar-refractivity contribution in [2.45, 2.75) is 22.0 Å². The number of β-lactam (4-membered cyclic amide) rings is 1. The van der Waals surface area contributed by atoms with Gasteiger partial charge in [0.15, 0.2) is 22.9 Å². The van der Waals surface area contributed by atoms with E-state index < -0.39 is 46.2 Å². The largest absolute Gasteiger partial charge is 0.477 e. The number of halogens is 3. The second-order valence-corrected chi connectivity index (χ2v) is 12.5. The van der Waals surface area contributed by atoms with E-state index in [1.54, 1.807) is 0 Å². The number of carboxylic acid groups (broad SMARTS) is 1. The number of hydrogen-bond acceptors (Lipinski definition) is 8. The molecule has 0 saturated carbocycles. The zero-order chi connectivity index (χ0) is 27.1. The molecule has 38 heavy (non-hydrogen) atoms. The Balaban J connectivity index is 1.33. The Hall–Kier alpha value is -3.07. The van der Waals surface area contributed by atoms with Gasteiger partial charge >= 0.3 is 5.97 Å². The minimum atomic E-state index is -1.67.